The lowest BCUT2D eigenvalue weighted by molar-refractivity contribution is -0.676. The molecule has 0 radical (unpaired) electrons. The van der Waals surface area contributed by atoms with E-state index in [0.29, 0.717) is 6.54 Å². The quantitative estimate of drug-likeness (QED) is 0.741. The molecule has 0 heterocycles. The van der Waals surface area contributed by atoms with Gasteiger partial charge in [-0.15, -0.1) is 0 Å². The van der Waals surface area contributed by atoms with Crippen LogP contribution in [0.2, 0.25) is 0 Å². The predicted molar refractivity (Wildman–Crippen MR) is 101 cm³/mol. The van der Waals surface area contributed by atoms with Gasteiger partial charge in [0.15, 0.2) is 6.54 Å². The van der Waals surface area contributed by atoms with E-state index >= 15 is 0 Å². The van der Waals surface area contributed by atoms with Crippen molar-refractivity contribution in [2.75, 3.05) is 18.5 Å². The summed E-state index contributed by atoms with van der Waals surface area (Å²) >= 11 is 0. The van der Waals surface area contributed by atoms with Crippen LogP contribution in [-0.4, -0.2) is 19.5 Å². The number of nitrogens with two attached hydrogens (primary N) is 1. The fourth-order valence-electron chi connectivity index (χ4n) is 2.94. The normalized spacial score (nSPS) is 10.6. The number of rotatable bonds is 6. The number of hydrogen-bond donors (Lipinski definition) is 1. The van der Waals surface area contributed by atoms with Crippen LogP contribution in [-0.2, 0) is 4.79 Å². The molecule has 0 spiro atoms. The number of carbonyl (C=O) groups excluding carboxylic acids is 1. The van der Waals surface area contributed by atoms with Gasteiger partial charge in [0.05, 0.1) is 0 Å². The zero-order chi connectivity index (χ0) is 17.5. The summed E-state index contributed by atoms with van der Waals surface area (Å²) in [5.41, 5.74) is 3.31. The Hall–Kier alpha value is -2.91. The molecule has 0 aliphatic heterocycles. The second-order valence-electron chi connectivity index (χ2n) is 6.03. The first-order valence-corrected chi connectivity index (χ1v) is 8.50. The predicted octanol–water partition coefficient (Wildman–Crippen LogP) is 3.00. The zero-order valence-corrected chi connectivity index (χ0v) is 14.4. The smallest absolute Gasteiger partial charge is 0.281 e. The molecular formula is C22H23N2O+. The second kappa shape index (κ2) is 8.27. The molecule has 1 amide bonds. The number of carbonyl (C=O) groups is 1. The highest BCUT2D eigenvalue weighted by atomic mass is 16.2. The van der Waals surface area contributed by atoms with Gasteiger partial charge in [0, 0.05) is 23.9 Å². The molecule has 0 saturated carbocycles. The van der Waals surface area contributed by atoms with Gasteiger partial charge in [-0.2, -0.15) is 0 Å². The Morgan fingerprint density at radius 1 is 0.800 bits per heavy atom. The van der Waals surface area contributed by atoms with E-state index in [0.717, 1.165) is 5.69 Å². The van der Waals surface area contributed by atoms with Crippen LogP contribution >= 0.6 is 0 Å². The van der Waals surface area contributed by atoms with E-state index < -0.39 is 0 Å². The van der Waals surface area contributed by atoms with Crippen LogP contribution in [0.15, 0.2) is 91.0 Å². The van der Waals surface area contributed by atoms with E-state index in [2.05, 4.69) is 29.6 Å². The molecule has 0 aliphatic rings. The molecule has 126 valence electrons. The third kappa shape index (κ3) is 4.34. The number of para-hydroxylation sites is 1. The van der Waals surface area contributed by atoms with Crippen LogP contribution in [0, 0.1) is 0 Å². The summed E-state index contributed by atoms with van der Waals surface area (Å²) in [5.74, 6) is 0.0862. The van der Waals surface area contributed by atoms with Crippen LogP contribution in [0.4, 0.5) is 5.69 Å². The zero-order valence-electron chi connectivity index (χ0n) is 14.4. The first-order valence-electron chi connectivity index (χ1n) is 8.50. The number of hydrogen-bond acceptors (Lipinski definition) is 1. The molecule has 3 heteroatoms. The van der Waals surface area contributed by atoms with Crippen LogP contribution < -0.4 is 10.2 Å². The van der Waals surface area contributed by atoms with Crippen molar-refractivity contribution in [2.45, 2.75) is 6.04 Å². The van der Waals surface area contributed by atoms with Crippen molar-refractivity contribution in [1.29, 1.82) is 0 Å². The third-order valence-corrected chi connectivity index (χ3v) is 4.36. The summed E-state index contributed by atoms with van der Waals surface area (Å²) in [7, 11) is 1.82. The molecule has 3 nitrogen and oxygen atoms in total. The van der Waals surface area contributed by atoms with Crippen LogP contribution in [0.25, 0.3) is 0 Å². The van der Waals surface area contributed by atoms with Crippen molar-refractivity contribution >= 4 is 11.6 Å². The largest absolute Gasteiger partial charge is 0.328 e. The molecule has 0 aromatic heterocycles. The minimum absolute atomic E-state index is 0.0862. The number of quaternary nitrogens is 1. The van der Waals surface area contributed by atoms with Crippen LogP contribution in [0.1, 0.15) is 17.2 Å². The Morgan fingerprint density at radius 2 is 1.24 bits per heavy atom. The summed E-state index contributed by atoms with van der Waals surface area (Å²) in [6, 6.07) is 30.5. The molecule has 3 aromatic rings. The van der Waals surface area contributed by atoms with Crippen molar-refractivity contribution in [3.8, 4) is 0 Å². The van der Waals surface area contributed by atoms with E-state index in [-0.39, 0.29) is 11.9 Å². The number of likely N-dealkylation sites (N-methyl/N-ethyl adjacent to an activating group) is 1. The maximum atomic E-state index is 12.6. The highest BCUT2D eigenvalue weighted by Gasteiger charge is 2.20. The minimum atomic E-state index is 0.0862. The molecule has 0 atom stereocenters. The average Bonchev–Trinajstić information content (AvgIpc) is 2.70. The van der Waals surface area contributed by atoms with Gasteiger partial charge in [-0.3, -0.25) is 4.79 Å². The first-order chi connectivity index (χ1) is 12.3. The van der Waals surface area contributed by atoms with Gasteiger partial charge in [-0.25, -0.2) is 0 Å². The van der Waals surface area contributed by atoms with Gasteiger partial charge < -0.3 is 10.2 Å². The maximum absolute atomic E-state index is 12.6. The molecule has 25 heavy (non-hydrogen) atoms. The molecule has 3 rings (SSSR count). The Balaban J connectivity index is 1.74. The fourth-order valence-corrected chi connectivity index (χ4v) is 2.94. The van der Waals surface area contributed by atoms with Crippen molar-refractivity contribution in [3.05, 3.63) is 102 Å². The molecule has 0 saturated heterocycles. The van der Waals surface area contributed by atoms with E-state index in [1.165, 1.54) is 11.1 Å². The van der Waals surface area contributed by atoms with Crippen molar-refractivity contribution in [1.82, 2.24) is 0 Å². The summed E-state index contributed by atoms with van der Waals surface area (Å²) in [5, 5.41) is 2.10. The first kappa shape index (κ1) is 16.9. The Morgan fingerprint density at radius 3 is 1.72 bits per heavy atom. The lowest BCUT2D eigenvalue weighted by atomic mass is 9.99. The highest BCUT2D eigenvalue weighted by molar-refractivity contribution is 5.93. The van der Waals surface area contributed by atoms with Crippen molar-refractivity contribution in [3.63, 3.8) is 0 Å². The van der Waals surface area contributed by atoms with Crippen molar-refractivity contribution in [2.24, 2.45) is 0 Å². The van der Waals surface area contributed by atoms with E-state index in [1.807, 2.05) is 73.8 Å². The molecule has 3 aromatic carbocycles. The lowest BCUT2D eigenvalue weighted by Gasteiger charge is -2.20. The summed E-state index contributed by atoms with van der Waals surface area (Å²) in [6.45, 7) is 0.389. The Labute approximate surface area is 148 Å². The molecule has 0 bridgehead atoms. The molecule has 0 unspecified atom stereocenters. The SMILES string of the molecule is CN(C(=O)C[NH2+]C(c1ccccc1)c1ccccc1)c1ccccc1. The monoisotopic (exact) mass is 331 g/mol. The maximum Gasteiger partial charge on any atom is 0.281 e. The van der Waals surface area contributed by atoms with Gasteiger partial charge >= 0.3 is 0 Å². The van der Waals surface area contributed by atoms with Crippen LogP contribution in [0.5, 0.6) is 0 Å². The topological polar surface area (TPSA) is 36.9 Å². The van der Waals surface area contributed by atoms with Crippen molar-refractivity contribution < 1.29 is 10.1 Å². The number of nitrogens with zero attached hydrogens (tertiary/aromatic N) is 1. The number of anilines is 1. The number of benzene rings is 3. The molecule has 0 fully saturated rings. The fraction of sp³-hybridized carbons (Fsp3) is 0.136. The second-order valence-corrected chi connectivity index (χ2v) is 6.03. The summed E-state index contributed by atoms with van der Waals surface area (Å²) < 4.78 is 0. The van der Waals surface area contributed by atoms with Gasteiger partial charge in [0.2, 0.25) is 0 Å². The Bertz CT molecular complexity index is 749. The average molecular weight is 331 g/mol. The minimum Gasteiger partial charge on any atom is -0.328 e. The van der Waals surface area contributed by atoms with Gasteiger partial charge in [0.1, 0.15) is 6.04 Å². The Kier molecular flexibility index (Phi) is 5.60. The van der Waals surface area contributed by atoms with Crippen LogP contribution in [0.3, 0.4) is 0 Å². The van der Waals surface area contributed by atoms with Gasteiger partial charge in [-0.05, 0) is 12.1 Å². The molecule has 2 N–H and O–H groups in total. The van der Waals surface area contributed by atoms with E-state index in [1.54, 1.807) is 4.90 Å². The standard InChI is InChI=1S/C22H22N2O/c1-24(20-15-9-4-10-16-20)21(25)17-23-22(18-11-5-2-6-12-18)19-13-7-3-8-14-19/h2-16,22-23H,17H2,1H3/p+1. The lowest BCUT2D eigenvalue weighted by Crippen LogP contribution is -2.87. The summed E-state index contributed by atoms with van der Waals surface area (Å²) in [4.78, 5) is 14.3. The number of amides is 1. The highest BCUT2D eigenvalue weighted by Crippen LogP contribution is 2.17. The third-order valence-electron chi connectivity index (χ3n) is 4.36. The van der Waals surface area contributed by atoms with Gasteiger partial charge in [0.25, 0.3) is 5.91 Å². The van der Waals surface area contributed by atoms with Gasteiger partial charge in [-0.1, -0.05) is 78.9 Å². The molecule has 0 aliphatic carbocycles. The van der Waals surface area contributed by atoms with E-state index in [4.69, 9.17) is 0 Å². The summed E-state index contributed by atoms with van der Waals surface area (Å²) in [6.07, 6.45) is 0. The van der Waals surface area contributed by atoms with E-state index in [9.17, 15) is 4.79 Å². The molecular weight excluding hydrogens is 308 g/mol.